The molecule has 0 radical (unpaired) electrons. The van der Waals surface area contributed by atoms with Gasteiger partial charge in [-0.3, -0.25) is 4.79 Å². The van der Waals surface area contributed by atoms with E-state index in [0.717, 1.165) is 30.7 Å². The van der Waals surface area contributed by atoms with Gasteiger partial charge in [0.1, 0.15) is 17.4 Å². The standard InChI is InChI=1S/C17H18F3NO.C10H13NO4.ClH/c1-21-12-11-16(13-5-3-2-4-6-13)22-15-9-7-14(8-10-15)17(18,19)20;1-10(11,9(14)15)5-6-2-3-7(12)8(13)4-6;/h2-10,16,21H,11-12H2,1H3;2-4,12-13H,5,11H2,1H3,(H,14,15);1H. The molecule has 0 aliphatic rings. The van der Waals surface area contributed by atoms with Crippen LogP contribution in [0.4, 0.5) is 13.2 Å². The Morgan fingerprint density at radius 1 is 1.00 bits per heavy atom. The highest BCUT2D eigenvalue weighted by Crippen LogP contribution is 2.32. The first-order valence-corrected chi connectivity index (χ1v) is 11.4. The van der Waals surface area contributed by atoms with Crippen LogP contribution in [0.5, 0.6) is 17.2 Å². The lowest BCUT2D eigenvalue weighted by molar-refractivity contribution is -0.142. The van der Waals surface area contributed by atoms with Crippen molar-refractivity contribution in [2.75, 3.05) is 13.6 Å². The first-order chi connectivity index (χ1) is 17.3. The summed E-state index contributed by atoms with van der Waals surface area (Å²) in [6, 6.07) is 18.5. The van der Waals surface area contributed by atoms with Gasteiger partial charge in [-0.2, -0.15) is 13.2 Å². The molecule has 0 heterocycles. The Morgan fingerprint density at radius 2 is 1.61 bits per heavy atom. The van der Waals surface area contributed by atoms with Gasteiger partial charge >= 0.3 is 12.1 Å². The van der Waals surface area contributed by atoms with E-state index in [-0.39, 0.29) is 36.4 Å². The van der Waals surface area contributed by atoms with Gasteiger partial charge in [0.2, 0.25) is 0 Å². The van der Waals surface area contributed by atoms with E-state index in [0.29, 0.717) is 11.3 Å². The number of benzene rings is 3. The van der Waals surface area contributed by atoms with Crippen molar-refractivity contribution in [1.29, 1.82) is 0 Å². The van der Waals surface area contributed by atoms with Crippen molar-refractivity contribution < 1.29 is 38.0 Å². The minimum atomic E-state index is -4.33. The van der Waals surface area contributed by atoms with Gasteiger partial charge in [-0.15, -0.1) is 12.4 Å². The van der Waals surface area contributed by atoms with E-state index in [2.05, 4.69) is 5.32 Å². The molecule has 3 aromatic carbocycles. The Labute approximate surface area is 225 Å². The van der Waals surface area contributed by atoms with Gasteiger partial charge in [0.15, 0.2) is 11.5 Å². The quantitative estimate of drug-likeness (QED) is 0.226. The maximum atomic E-state index is 12.6. The van der Waals surface area contributed by atoms with Crippen LogP contribution < -0.4 is 15.8 Å². The van der Waals surface area contributed by atoms with Crippen LogP contribution in [0, 0.1) is 0 Å². The number of ether oxygens (including phenoxy) is 1. The maximum absolute atomic E-state index is 12.6. The number of aromatic hydroxyl groups is 2. The molecule has 208 valence electrons. The lowest BCUT2D eigenvalue weighted by atomic mass is 9.94. The summed E-state index contributed by atoms with van der Waals surface area (Å²) in [5.41, 5.74) is 5.03. The molecular formula is C27H32ClF3N2O5. The summed E-state index contributed by atoms with van der Waals surface area (Å²) in [7, 11) is 1.85. The van der Waals surface area contributed by atoms with Crippen molar-refractivity contribution >= 4 is 18.4 Å². The number of phenolic OH excluding ortho intramolecular Hbond substituents is 2. The molecule has 0 aliphatic heterocycles. The number of phenols is 2. The molecule has 0 amide bonds. The number of nitrogens with one attached hydrogen (secondary N) is 1. The molecule has 38 heavy (non-hydrogen) atoms. The summed E-state index contributed by atoms with van der Waals surface area (Å²) < 4.78 is 43.6. The second-order valence-electron chi connectivity index (χ2n) is 8.65. The van der Waals surface area contributed by atoms with Crippen LogP contribution in [-0.4, -0.2) is 40.4 Å². The molecular weight excluding hydrogens is 525 g/mol. The topological polar surface area (TPSA) is 125 Å². The van der Waals surface area contributed by atoms with Gasteiger partial charge in [-0.1, -0.05) is 36.4 Å². The predicted molar refractivity (Wildman–Crippen MR) is 141 cm³/mol. The van der Waals surface area contributed by atoms with Gasteiger partial charge in [0.05, 0.1) is 5.56 Å². The molecule has 0 aromatic heterocycles. The SMILES string of the molecule is CC(N)(Cc1ccc(O)c(O)c1)C(=O)O.CNCCC(Oc1ccc(C(F)(F)F)cc1)c1ccccc1.Cl. The van der Waals surface area contributed by atoms with E-state index in [9.17, 15) is 23.1 Å². The van der Waals surface area contributed by atoms with Crippen LogP contribution in [0.3, 0.4) is 0 Å². The third-order valence-corrected chi connectivity index (χ3v) is 5.39. The van der Waals surface area contributed by atoms with Crippen molar-refractivity contribution in [2.24, 2.45) is 5.73 Å². The monoisotopic (exact) mass is 556 g/mol. The Bertz CT molecular complexity index is 1140. The van der Waals surface area contributed by atoms with Crippen molar-refractivity contribution in [2.45, 2.75) is 37.6 Å². The summed E-state index contributed by atoms with van der Waals surface area (Å²) in [6.07, 6.45) is -3.73. The number of hydrogen-bond acceptors (Lipinski definition) is 6. The Hall–Kier alpha value is -3.47. The lowest BCUT2D eigenvalue weighted by Crippen LogP contribution is -2.46. The van der Waals surface area contributed by atoms with Crippen LogP contribution in [-0.2, 0) is 17.4 Å². The zero-order valence-electron chi connectivity index (χ0n) is 20.9. The molecule has 7 nitrogen and oxygen atoms in total. The fourth-order valence-electron chi connectivity index (χ4n) is 3.30. The van der Waals surface area contributed by atoms with Crippen LogP contribution >= 0.6 is 12.4 Å². The van der Waals surface area contributed by atoms with E-state index in [1.54, 1.807) is 0 Å². The minimum Gasteiger partial charge on any atom is -0.504 e. The van der Waals surface area contributed by atoms with E-state index < -0.39 is 23.2 Å². The van der Waals surface area contributed by atoms with E-state index in [1.807, 2.05) is 37.4 Å². The molecule has 3 rings (SSSR count). The van der Waals surface area contributed by atoms with Crippen molar-refractivity contribution in [3.63, 3.8) is 0 Å². The first kappa shape index (κ1) is 32.6. The molecule has 0 spiro atoms. The van der Waals surface area contributed by atoms with Crippen molar-refractivity contribution in [3.05, 3.63) is 89.5 Å². The van der Waals surface area contributed by atoms with E-state index in [4.69, 9.17) is 20.7 Å². The number of hydrogen-bond donors (Lipinski definition) is 5. The zero-order valence-corrected chi connectivity index (χ0v) is 21.7. The minimum absolute atomic E-state index is 0. The Morgan fingerprint density at radius 3 is 2.11 bits per heavy atom. The normalized spacial score (nSPS) is 13.2. The number of carboxylic acid groups (broad SMARTS) is 1. The molecule has 3 aromatic rings. The maximum Gasteiger partial charge on any atom is 0.416 e. The fourth-order valence-corrected chi connectivity index (χ4v) is 3.30. The summed E-state index contributed by atoms with van der Waals surface area (Å²) in [6.45, 7) is 2.14. The summed E-state index contributed by atoms with van der Waals surface area (Å²) in [5, 5.41) is 30.1. The molecule has 2 atom stereocenters. The summed E-state index contributed by atoms with van der Waals surface area (Å²) >= 11 is 0. The molecule has 0 aliphatic carbocycles. The van der Waals surface area contributed by atoms with Crippen LogP contribution in [0.2, 0.25) is 0 Å². The average molecular weight is 557 g/mol. The molecule has 0 saturated heterocycles. The number of halogens is 4. The first-order valence-electron chi connectivity index (χ1n) is 11.4. The van der Waals surface area contributed by atoms with Crippen LogP contribution in [0.15, 0.2) is 72.8 Å². The predicted octanol–water partition coefficient (Wildman–Crippen LogP) is 5.30. The third-order valence-electron chi connectivity index (χ3n) is 5.39. The van der Waals surface area contributed by atoms with Gasteiger partial charge in [-0.25, -0.2) is 0 Å². The lowest BCUT2D eigenvalue weighted by Gasteiger charge is -2.20. The number of carboxylic acids is 1. The third kappa shape index (κ3) is 10.1. The average Bonchev–Trinajstić information content (AvgIpc) is 2.84. The molecule has 11 heteroatoms. The number of nitrogens with two attached hydrogens (primary N) is 1. The van der Waals surface area contributed by atoms with Crippen molar-refractivity contribution in [3.8, 4) is 17.2 Å². The second kappa shape index (κ2) is 14.5. The summed E-state index contributed by atoms with van der Waals surface area (Å²) in [4.78, 5) is 10.7. The highest BCUT2D eigenvalue weighted by molar-refractivity contribution is 5.85. The molecule has 2 unspecified atom stereocenters. The van der Waals surface area contributed by atoms with Crippen LogP contribution in [0.1, 0.15) is 36.1 Å². The largest absolute Gasteiger partial charge is 0.504 e. The van der Waals surface area contributed by atoms with Gasteiger partial charge in [0, 0.05) is 12.8 Å². The molecule has 0 saturated carbocycles. The Balaban J connectivity index is 0.000000397. The number of rotatable bonds is 9. The molecule has 6 N–H and O–H groups in total. The highest BCUT2D eigenvalue weighted by Gasteiger charge is 2.30. The fraction of sp³-hybridized carbons (Fsp3) is 0.296. The number of carbonyl (C=O) groups is 1. The summed E-state index contributed by atoms with van der Waals surface area (Å²) in [5.74, 6) is -1.21. The molecule has 0 bridgehead atoms. The van der Waals surface area contributed by atoms with Crippen molar-refractivity contribution in [1.82, 2.24) is 5.32 Å². The van der Waals surface area contributed by atoms with Gasteiger partial charge in [0.25, 0.3) is 0 Å². The highest BCUT2D eigenvalue weighted by atomic mass is 35.5. The number of alkyl halides is 3. The second-order valence-corrected chi connectivity index (χ2v) is 8.65. The Kier molecular flexibility index (Phi) is 12.4. The smallest absolute Gasteiger partial charge is 0.416 e. The molecule has 0 fully saturated rings. The van der Waals surface area contributed by atoms with Gasteiger partial charge < -0.3 is 31.1 Å². The number of aliphatic carboxylic acids is 1. The van der Waals surface area contributed by atoms with Crippen LogP contribution in [0.25, 0.3) is 0 Å². The van der Waals surface area contributed by atoms with E-state index in [1.165, 1.54) is 37.3 Å². The zero-order chi connectivity index (χ0) is 27.6. The van der Waals surface area contributed by atoms with Gasteiger partial charge in [-0.05, 0) is 68.0 Å². The van der Waals surface area contributed by atoms with E-state index >= 15 is 0 Å².